The molecule has 1 saturated heterocycles. The van der Waals surface area contributed by atoms with Gasteiger partial charge in [0.15, 0.2) is 5.16 Å². The molecule has 0 atom stereocenters. The van der Waals surface area contributed by atoms with E-state index in [2.05, 4.69) is 0 Å². The molecule has 8 heteroatoms. The van der Waals surface area contributed by atoms with Gasteiger partial charge in [0.1, 0.15) is 4.83 Å². The monoisotopic (exact) mass is 477 g/mol. The molecule has 6 nitrogen and oxygen atoms in total. The first-order valence-electron chi connectivity index (χ1n) is 10.8. The maximum Gasteiger partial charge on any atom is 0.267 e. The Bertz CT molecular complexity index is 1360. The average Bonchev–Trinajstić information content (AvgIpc) is 3.29. The number of hydrogen-bond donors (Lipinski definition) is 0. The molecule has 168 valence electrons. The normalized spacial score (nSPS) is 14.0. The Balaban J connectivity index is 1.58. The van der Waals surface area contributed by atoms with Crippen molar-refractivity contribution in [2.24, 2.45) is 0 Å². The number of thiophene rings is 1. The molecule has 0 N–H and O–H groups in total. The van der Waals surface area contributed by atoms with Gasteiger partial charge in [-0.2, -0.15) is 0 Å². The largest absolute Gasteiger partial charge is 0.378 e. The van der Waals surface area contributed by atoms with Gasteiger partial charge in [0.2, 0.25) is 5.91 Å². The van der Waals surface area contributed by atoms with Crippen LogP contribution in [0.3, 0.4) is 0 Å². The Morgan fingerprint density at radius 3 is 2.58 bits per heavy atom. The number of benzene rings is 2. The van der Waals surface area contributed by atoms with E-state index in [4.69, 9.17) is 9.72 Å². The first-order valence-corrected chi connectivity index (χ1v) is 12.6. The van der Waals surface area contributed by atoms with Gasteiger partial charge in [0.25, 0.3) is 5.56 Å². The molecule has 0 spiro atoms. The molecule has 1 aliphatic heterocycles. The van der Waals surface area contributed by atoms with E-state index in [1.54, 1.807) is 4.57 Å². The molecule has 1 fully saturated rings. The molecule has 33 heavy (non-hydrogen) atoms. The van der Waals surface area contributed by atoms with Crippen LogP contribution in [0.2, 0.25) is 0 Å². The highest BCUT2D eigenvalue weighted by atomic mass is 32.2. The molecule has 1 amide bonds. The number of carbonyl (C=O) groups is 1. The molecule has 0 aliphatic carbocycles. The van der Waals surface area contributed by atoms with Gasteiger partial charge < -0.3 is 9.64 Å². The zero-order valence-electron chi connectivity index (χ0n) is 18.2. The second-order valence-corrected chi connectivity index (χ2v) is 9.77. The van der Waals surface area contributed by atoms with E-state index >= 15 is 0 Å². The predicted octanol–water partition coefficient (Wildman–Crippen LogP) is 4.37. The number of fused-ring (bicyclic) bond motifs is 1. The smallest absolute Gasteiger partial charge is 0.267 e. The van der Waals surface area contributed by atoms with Crippen LogP contribution in [0.4, 0.5) is 0 Å². The van der Waals surface area contributed by atoms with Crippen LogP contribution < -0.4 is 5.56 Å². The standard InChI is InChI=1S/C25H23N3O3S2/c1-17-7-5-6-10-20(17)28-24(30)19-15-21(18-8-3-2-4-9-18)33-23(19)26-25(28)32-16-22(29)27-11-13-31-14-12-27/h2-10,15H,11-14,16H2,1H3. The summed E-state index contributed by atoms with van der Waals surface area (Å²) in [6, 6.07) is 19.7. The van der Waals surface area contributed by atoms with E-state index in [-0.39, 0.29) is 17.2 Å². The van der Waals surface area contributed by atoms with Crippen LogP contribution in [0.25, 0.3) is 26.3 Å². The number of aryl methyl sites for hydroxylation is 1. The molecule has 5 rings (SSSR count). The van der Waals surface area contributed by atoms with Crippen molar-refractivity contribution in [1.29, 1.82) is 0 Å². The number of amides is 1. The minimum atomic E-state index is -0.117. The van der Waals surface area contributed by atoms with E-state index in [0.29, 0.717) is 41.7 Å². The lowest BCUT2D eigenvalue weighted by atomic mass is 10.2. The molecule has 0 bridgehead atoms. The lowest BCUT2D eigenvalue weighted by molar-refractivity contribution is -0.132. The quantitative estimate of drug-likeness (QED) is 0.315. The molecule has 2 aromatic carbocycles. The SMILES string of the molecule is Cc1ccccc1-n1c(SCC(=O)N2CCOCC2)nc2sc(-c3ccccc3)cc2c1=O. The summed E-state index contributed by atoms with van der Waals surface area (Å²) in [5.74, 6) is 0.255. The zero-order chi connectivity index (χ0) is 22.8. The molecule has 0 unspecified atom stereocenters. The van der Waals surface area contributed by atoms with Gasteiger partial charge in [-0.15, -0.1) is 11.3 Å². The summed E-state index contributed by atoms with van der Waals surface area (Å²) in [5, 5.41) is 1.12. The molecule has 2 aromatic heterocycles. The molecular formula is C25H23N3O3S2. The summed E-state index contributed by atoms with van der Waals surface area (Å²) in [7, 11) is 0. The minimum absolute atomic E-state index is 0.0325. The number of morpholine rings is 1. The summed E-state index contributed by atoms with van der Waals surface area (Å²) < 4.78 is 7.00. The number of hydrogen-bond acceptors (Lipinski definition) is 6. The summed E-state index contributed by atoms with van der Waals surface area (Å²) in [6.07, 6.45) is 0. The predicted molar refractivity (Wildman–Crippen MR) is 134 cm³/mol. The first kappa shape index (κ1) is 21.9. The van der Waals surface area contributed by atoms with Crippen LogP contribution in [-0.4, -0.2) is 52.4 Å². The lowest BCUT2D eigenvalue weighted by Gasteiger charge is -2.26. The number of aromatic nitrogens is 2. The van der Waals surface area contributed by atoms with Gasteiger partial charge in [-0.3, -0.25) is 14.2 Å². The molecule has 3 heterocycles. The third-order valence-electron chi connectivity index (χ3n) is 5.64. The molecular weight excluding hydrogens is 454 g/mol. The maximum atomic E-state index is 13.7. The summed E-state index contributed by atoms with van der Waals surface area (Å²) in [6.45, 7) is 4.30. The summed E-state index contributed by atoms with van der Waals surface area (Å²) >= 11 is 2.81. The Kier molecular flexibility index (Phi) is 6.30. The number of carbonyl (C=O) groups excluding carboxylic acids is 1. The van der Waals surface area contributed by atoms with Crippen molar-refractivity contribution in [1.82, 2.24) is 14.5 Å². The van der Waals surface area contributed by atoms with Crippen molar-refractivity contribution < 1.29 is 9.53 Å². The van der Waals surface area contributed by atoms with Gasteiger partial charge in [-0.1, -0.05) is 60.3 Å². The van der Waals surface area contributed by atoms with Crippen LogP contribution in [0.15, 0.2) is 70.6 Å². The number of thioether (sulfide) groups is 1. The van der Waals surface area contributed by atoms with Crippen LogP contribution in [0, 0.1) is 6.92 Å². The van der Waals surface area contributed by atoms with Crippen molar-refractivity contribution in [3.8, 4) is 16.1 Å². The van der Waals surface area contributed by atoms with Gasteiger partial charge in [-0.25, -0.2) is 4.98 Å². The third-order valence-corrected chi connectivity index (χ3v) is 7.64. The fraction of sp³-hybridized carbons (Fsp3) is 0.240. The Morgan fingerprint density at radius 2 is 1.82 bits per heavy atom. The highest BCUT2D eigenvalue weighted by molar-refractivity contribution is 7.99. The summed E-state index contributed by atoms with van der Waals surface area (Å²) in [5.41, 5.74) is 2.69. The van der Waals surface area contributed by atoms with Crippen LogP contribution >= 0.6 is 23.1 Å². The van der Waals surface area contributed by atoms with Crippen molar-refractivity contribution in [2.75, 3.05) is 32.1 Å². The van der Waals surface area contributed by atoms with Crippen LogP contribution in [0.5, 0.6) is 0 Å². The van der Waals surface area contributed by atoms with Crippen LogP contribution in [0.1, 0.15) is 5.56 Å². The second-order valence-electron chi connectivity index (χ2n) is 7.80. The number of rotatable bonds is 5. The average molecular weight is 478 g/mol. The highest BCUT2D eigenvalue weighted by Crippen LogP contribution is 2.33. The first-order chi connectivity index (χ1) is 16.1. The lowest BCUT2D eigenvalue weighted by Crippen LogP contribution is -2.41. The minimum Gasteiger partial charge on any atom is -0.378 e. The van der Waals surface area contributed by atoms with E-state index in [1.165, 1.54) is 23.1 Å². The third kappa shape index (κ3) is 4.46. The zero-order valence-corrected chi connectivity index (χ0v) is 19.8. The Hall–Kier alpha value is -2.94. The molecule has 1 aliphatic rings. The molecule has 4 aromatic rings. The van der Waals surface area contributed by atoms with Crippen molar-refractivity contribution >= 4 is 39.2 Å². The Morgan fingerprint density at radius 1 is 1.09 bits per heavy atom. The van der Waals surface area contributed by atoms with Crippen molar-refractivity contribution in [3.05, 3.63) is 76.6 Å². The molecule has 0 radical (unpaired) electrons. The van der Waals surface area contributed by atoms with E-state index < -0.39 is 0 Å². The Labute approximate surface area is 199 Å². The maximum absolute atomic E-state index is 13.7. The van der Waals surface area contributed by atoms with E-state index in [0.717, 1.165) is 21.7 Å². The highest BCUT2D eigenvalue weighted by Gasteiger charge is 2.21. The van der Waals surface area contributed by atoms with E-state index in [1.807, 2.05) is 72.5 Å². The van der Waals surface area contributed by atoms with Gasteiger partial charge >= 0.3 is 0 Å². The van der Waals surface area contributed by atoms with Crippen molar-refractivity contribution in [3.63, 3.8) is 0 Å². The number of ether oxygens (including phenoxy) is 1. The summed E-state index contributed by atoms with van der Waals surface area (Å²) in [4.78, 5) is 34.8. The van der Waals surface area contributed by atoms with Gasteiger partial charge in [0, 0.05) is 18.0 Å². The number of para-hydroxylation sites is 1. The fourth-order valence-corrected chi connectivity index (χ4v) is 5.85. The van der Waals surface area contributed by atoms with E-state index in [9.17, 15) is 9.59 Å². The van der Waals surface area contributed by atoms with Crippen LogP contribution in [-0.2, 0) is 9.53 Å². The number of nitrogens with zero attached hydrogens (tertiary/aromatic N) is 3. The second kappa shape index (κ2) is 9.51. The van der Waals surface area contributed by atoms with Gasteiger partial charge in [0.05, 0.1) is 30.0 Å². The molecule has 0 saturated carbocycles. The van der Waals surface area contributed by atoms with Gasteiger partial charge in [-0.05, 0) is 30.2 Å². The van der Waals surface area contributed by atoms with Crippen molar-refractivity contribution in [2.45, 2.75) is 12.1 Å². The topological polar surface area (TPSA) is 64.4 Å². The fourth-order valence-electron chi connectivity index (χ4n) is 3.86.